The molecule has 0 aromatic carbocycles. The van der Waals surface area contributed by atoms with E-state index in [1.165, 1.54) is 26.2 Å². The zero-order chi connectivity index (χ0) is 15.5. The van der Waals surface area contributed by atoms with Crippen LogP contribution < -0.4 is 10.1 Å². The number of rotatable bonds is 4. The van der Waals surface area contributed by atoms with Crippen molar-refractivity contribution in [2.75, 3.05) is 11.9 Å². The molecule has 21 heavy (non-hydrogen) atoms. The van der Waals surface area contributed by atoms with E-state index in [9.17, 15) is 9.59 Å². The van der Waals surface area contributed by atoms with E-state index in [1.807, 2.05) is 6.92 Å². The molecule has 1 N–H and O–H groups in total. The van der Waals surface area contributed by atoms with Crippen LogP contribution in [0.25, 0.3) is 0 Å². The Kier molecular flexibility index (Phi) is 4.11. The van der Waals surface area contributed by atoms with Crippen LogP contribution in [0.1, 0.15) is 20.8 Å². The third-order valence-corrected chi connectivity index (χ3v) is 2.52. The van der Waals surface area contributed by atoms with Gasteiger partial charge in [-0.1, -0.05) is 0 Å². The lowest BCUT2D eigenvalue weighted by atomic mass is 10.2. The second-order valence-electron chi connectivity index (χ2n) is 4.72. The number of carbonyl (C=O) groups excluding carboxylic acids is 2. The van der Waals surface area contributed by atoms with Crippen LogP contribution in [0, 0.1) is 0 Å². The topological polar surface area (TPSA) is 86.8 Å². The first-order valence-electron chi connectivity index (χ1n) is 6.42. The second-order valence-corrected chi connectivity index (χ2v) is 4.72. The Morgan fingerprint density at radius 1 is 1.29 bits per heavy atom. The molecule has 2 rings (SSSR count). The van der Waals surface area contributed by atoms with Crippen molar-refractivity contribution in [3.8, 4) is 5.75 Å². The van der Waals surface area contributed by atoms with Gasteiger partial charge in [0.15, 0.2) is 5.57 Å². The number of ether oxygens (including phenoxy) is 3. The molecule has 112 valence electrons. The molecule has 0 spiro atoms. The molecule has 0 bridgehead atoms. The fraction of sp³-hybridized carbons (Fsp3) is 0.357. The van der Waals surface area contributed by atoms with Crippen LogP contribution in [-0.2, 0) is 19.1 Å². The van der Waals surface area contributed by atoms with Gasteiger partial charge in [0.05, 0.1) is 24.7 Å². The molecule has 1 fully saturated rings. The number of pyridine rings is 1. The molecule has 1 aromatic rings. The molecule has 0 radical (unpaired) electrons. The molecule has 1 saturated heterocycles. The lowest BCUT2D eigenvalue weighted by Gasteiger charge is -2.29. The lowest BCUT2D eigenvalue weighted by Crippen LogP contribution is -2.42. The first kappa shape index (κ1) is 14.8. The highest BCUT2D eigenvalue weighted by Gasteiger charge is 2.38. The predicted octanol–water partition coefficient (Wildman–Crippen LogP) is 1.61. The Morgan fingerprint density at radius 3 is 2.57 bits per heavy atom. The third-order valence-electron chi connectivity index (χ3n) is 2.52. The SMILES string of the molecule is CCOc1cncc(NC=C2C(=O)OC(C)(C)OC2=O)c1. The lowest BCUT2D eigenvalue weighted by molar-refractivity contribution is -0.222. The van der Waals surface area contributed by atoms with Crippen molar-refractivity contribution in [3.63, 3.8) is 0 Å². The molecule has 0 aliphatic carbocycles. The van der Waals surface area contributed by atoms with Crippen molar-refractivity contribution < 1.29 is 23.8 Å². The van der Waals surface area contributed by atoms with Crippen molar-refractivity contribution in [1.82, 2.24) is 4.98 Å². The highest BCUT2D eigenvalue weighted by atomic mass is 16.7. The van der Waals surface area contributed by atoms with E-state index >= 15 is 0 Å². The molecule has 2 heterocycles. The summed E-state index contributed by atoms with van der Waals surface area (Å²) in [6.07, 6.45) is 4.32. The Hall–Kier alpha value is -2.57. The van der Waals surface area contributed by atoms with Gasteiger partial charge >= 0.3 is 11.9 Å². The monoisotopic (exact) mass is 292 g/mol. The molecule has 7 heteroatoms. The number of carbonyl (C=O) groups is 2. The second kappa shape index (κ2) is 5.82. The molecule has 1 aliphatic heterocycles. The van der Waals surface area contributed by atoms with Gasteiger partial charge in [-0.3, -0.25) is 4.98 Å². The van der Waals surface area contributed by atoms with Gasteiger partial charge in [-0.05, 0) is 6.92 Å². The largest absolute Gasteiger partial charge is 0.492 e. The normalized spacial score (nSPS) is 16.8. The van der Waals surface area contributed by atoms with Crippen LogP contribution in [0.2, 0.25) is 0 Å². The fourth-order valence-corrected chi connectivity index (χ4v) is 1.68. The Labute approximate surface area is 121 Å². The summed E-state index contributed by atoms with van der Waals surface area (Å²) in [5.41, 5.74) is 0.357. The minimum absolute atomic E-state index is 0.212. The van der Waals surface area contributed by atoms with E-state index in [0.29, 0.717) is 18.0 Å². The van der Waals surface area contributed by atoms with Gasteiger partial charge in [-0.15, -0.1) is 0 Å². The fourth-order valence-electron chi connectivity index (χ4n) is 1.68. The summed E-state index contributed by atoms with van der Waals surface area (Å²) in [5.74, 6) is -2.15. The van der Waals surface area contributed by atoms with Gasteiger partial charge in [-0.2, -0.15) is 0 Å². The maximum atomic E-state index is 11.7. The number of aromatic nitrogens is 1. The zero-order valence-corrected chi connectivity index (χ0v) is 12.0. The molecule has 0 atom stereocenters. The van der Waals surface area contributed by atoms with E-state index in [2.05, 4.69) is 10.3 Å². The van der Waals surface area contributed by atoms with E-state index in [4.69, 9.17) is 14.2 Å². The highest BCUT2D eigenvalue weighted by Crippen LogP contribution is 2.23. The van der Waals surface area contributed by atoms with E-state index in [-0.39, 0.29) is 5.57 Å². The minimum atomic E-state index is -1.25. The molecule has 0 saturated carbocycles. The minimum Gasteiger partial charge on any atom is -0.492 e. The number of hydrogen-bond acceptors (Lipinski definition) is 7. The van der Waals surface area contributed by atoms with Gasteiger partial charge in [0.2, 0.25) is 0 Å². The average Bonchev–Trinajstić information content (AvgIpc) is 2.37. The molecule has 0 amide bonds. The van der Waals surface area contributed by atoms with Crippen molar-refractivity contribution in [3.05, 3.63) is 30.2 Å². The van der Waals surface area contributed by atoms with E-state index in [0.717, 1.165) is 0 Å². The van der Waals surface area contributed by atoms with Crippen LogP contribution in [0.15, 0.2) is 30.2 Å². The van der Waals surface area contributed by atoms with Gasteiger partial charge in [0.25, 0.3) is 5.79 Å². The van der Waals surface area contributed by atoms with Crippen LogP contribution in [0.3, 0.4) is 0 Å². The number of cyclic esters (lactones) is 2. The third kappa shape index (κ3) is 3.71. The quantitative estimate of drug-likeness (QED) is 0.512. The summed E-state index contributed by atoms with van der Waals surface area (Å²) in [5, 5.41) is 2.80. The van der Waals surface area contributed by atoms with E-state index in [1.54, 1.807) is 12.3 Å². The molecule has 1 aliphatic rings. The molecule has 1 aromatic heterocycles. The number of hydrogen-bond donors (Lipinski definition) is 1. The predicted molar refractivity (Wildman–Crippen MR) is 73.4 cm³/mol. The maximum Gasteiger partial charge on any atom is 0.350 e. The first-order chi connectivity index (χ1) is 9.91. The number of esters is 2. The average molecular weight is 292 g/mol. The van der Waals surface area contributed by atoms with Crippen molar-refractivity contribution in [2.24, 2.45) is 0 Å². The smallest absolute Gasteiger partial charge is 0.350 e. The maximum absolute atomic E-state index is 11.7. The molecular weight excluding hydrogens is 276 g/mol. The van der Waals surface area contributed by atoms with Crippen molar-refractivity contribution >= 4 is 17.6 Å². The number of nitrogens with zero attached hydrogens (tertiary/aromatic N) is 1. The zero-order valence-electron chi connectivity index (χ0n) is 12.0. The van der Waals surface area contributed by atoms with Gasteiger partial charge in [-0.25, -0.2) is 9.59 Å². The highest BCUT2D eigenvalue weighted by molar-refractivity contribution is 6.15. The Balaban J connectivity index is 2.12. The van der Waals surface area contributed by atoms with Crippen LogP contribution in [-0.4, -0.2) is 29.3 Å². The van der Waals surface area contributed by atoms with Crippen molar-refractivity contribution in [2.45, 2.75) is 26.6 Å². The summed E-state index contributed by atoms with van der Waals surface area (Å²) in [7, 11) is 0. The number of anilines is 1. The van der Waals surface area contributed by atoms with Crippen LogP contribution in [0.4, 0.5) is 5.69 Å². The Morgan fingerprint density at radius 2 is 1.95 bits per heavy atom. The number of nitrogens with one attached hydrogen (secondary N) is 1. The van der Waals surface area contributed by atoms with Gasteiger partial charge in [0.1, 0.15) is 5.75 Å². The Bertz CT molecular complexity index is 573. The van der Waals surface area contributed by atoms with E-state index < -0.39 is 17.7 Å². The summed E-state index contributed by atoms with van der Waals surface area (Å²) < 4.78 is 15.3. The van der Waals surface area contributed by atoms with Gasteiger partial charge < -0.3 is 19.5 Å². The van der Waals surface area contributed by atoms with Gasteiger partial charge in [0, 0.05) is 26.1 Å². The summed E-state index contributed by atoms with van der Waals surface area (Å²) in [4.78, 5) is 27.5. The molecule has 7 nitrogen and oxygen atoms in total. The summed E-state index contributed by atoms with van der Waals surface area (Å²) in [6, 6.07) is 1.69. The standard InChI is InChI=1S/C14H16N2O5/c1-4-19-10-5-9(6-15-7-10)16-8-11-12(17)20-14(2,3)21-13(11)18/h5-8,16H,4H2,1-3H3. The summed E-state index contributed by atoms with van der Waals surface area (Å²) in [6.45, 7) is 5.35. The summed E-state index contributed by atoms with van der Waals surface area (Å²) >= 11 is 0. The van der Waals surface area contributed by atoms with Crippen LogP contribution in [0.5, 0.6) is 5.75 Å². The first-order valence-corrected chi connectivity index (χ1v) is 6.42. The molecular formula is C14H16N2O5. The van der Waals surface area contributed by atoms with Crippen molar-refractivity contribution in [1.29, 1.82) is 0 Å². The molecule has 0 unspecified atom stereocenters. The van der Waals surface area contributed by atoms with Crippen LogP contribution >= 0.6 is 0 Å².